The minimum atomic E-state index is -0.0587. The van der Waals surface area contributed by atoms with E-state index >= 15 is 0 Å². The van der Waals surface area contributed by atoms with Gasteiger partial charge >= 0.3 is 0 Å². The van der Waals surface area contributed by atoms with Crippen molar-refractivity contribution in [3.8, 4) is 0 Å². The van der Waals surface area contributed by atoms with Crippen LogP contribution >= 0.6 is 0 Å². The van der Waals surface area contributed by atoms with E-state index in [2.05, 4.69) is 75.9 Å². The second-order valence-electron chi connectivity index (χ2n) is 8.51. The number of nitrogens with zero attached hydrogens (tertiary/aromatic N) is 3. The second-order valence-corrected chi connectivity index (χ2v) is 8.51. The minimum Gasteiger partial charge on any atom is -0.363 e. The van der Waals surface area contributed by atoms with Crippen LogP contribution in [0.1, 0.15) is 36.3 Å². The highest BCUT2D eigenvalue weighted by Crippen LogP contribution is 2.27. The number of likely N-dealkylation sites (tertiary alicyclic amines) is 1. The van der Waals surface area contributed by atoms with E-state index in [0.29, 0.717) is 24.8 Å². The van der Waals surface area contributed by atoms with Crippen molar-refractivity contribution in [2.45, 2.75) is 37.8 Å². The average Bonchev–Trinajstić information content (AvgIpc) is 2.85. The first kappa shape index (κ1) is 22.2. The number of hydrogen-bond acceptors (Lipinski definition) is 5. The number of aromatic nitrogens is 2. The van der Waals surface area contributed by atoms with Crippen LogP contribution in [-0.2, 0) is 6.54 Å². The van der Waals surface area contributed by atoms with E-state index in [1.165, 1.54) is 11.1 Å². The summed E-state index contributed by atoms with van der Waals surface area (Å²) in [5.74, 6) is 0.807. The van der Waals surface area contributed by atoms with E-state index in [4.69, 9.17) is 5.73 Å². The number of nitrogens with one attached hydrogen (secondary N) is 1. The van der Waals surface area contributed by atoms with Crippen LogP contribution in [0.15, 0.2) is 77.9 Å². The van der Waals surface area contributed by atoms with Crippen LogP contribution in [0.4, 0.5) is 5.82 Å². The van der Waals surface area contributed by atoms with E-state index in [9.17, 15) is 4.79 Å². The molecule has 1 aliphatic rings. The minimum absolute atomic E-state index is 0.0587. The van der Waals surface area contributed by atoms with Crippen molar-refractivity contribution < 1.29 is 0 Å². The predicted molar refractivity (Wildman–Crippen MR) is 130 cm³/mol. The number of rotatable bonds is 9. The predicted octanol–water partition coefficient (Wildman–Crippen LogP) is 3.30. The van der Waals surface area contributed by atoms with Gasteiger partial charge < -0.3 is 20.5 Å². The van der Waals surface area contributed by atoms with E-state index in [-0.39, 0.29) is 11.6 Å². The van der Waals surface area contributed by atoms with Crippen molar-refractivity contribution >= 4 is 5.82 Å². The van der Waals surface area contributed by atoms with Gasteiger partial charge in [-0.3, -0.25) is 4.79 Å². The summed E-state index contributed by atoms with van der Waals surface area (Å²) in [4.78, 5) is 19.5. The van der Waals surface area contributed by atoms with Crippen molar-refractivity contribution in [2.24, 2.45) is 5.73 Å². The van der Waals surface area contributed by atoms with Gasteiger partial charge in [-0.1, -0.05) is 60.7 Å². The third-order valence-corrected chi connectivity index (χ3v) is 6.29. The van der Waals surface area contributed by atoms with Crippen molar-refractivity contribution in [3.63, 3.8) is 0 Å². The lowest BCUT2D eigenvalue weighted by Gasteiger charge is -2.35. The Kier molecular flexibility index (Phi) is 7.69. The molecule has 1 aliphatic heterocycles. The summed E-state index contributed by atoms with van der Waals surface area (Å²) in [5, 5.41) is 3.40. The molecule has 0 spiro atoms. The molecule has 2 heterocycles. The zero-order valence-electron chi connectivity index (χ0n) is 18.6. The number of benzene rings is 2. The van der Waals surface area contributed by atoms with E-state index in [1.54, 1.807) is 17.0 Å². The molecule has 1 fully saturated rings. The Morgan fingerprint density at radius 1 is 1.00 bits per heavy atom. The standard InChI is InChI=1S/C26H33N5O/c27-14-7-16-31-19-15-28-25(26(31)32)29-23-12-17-30(18-13-23)20-24(21-8-3-1-4-9-21)22-10-5-2-6-11-22/h1-6,8-11,15,19,23-24H,7,12-14,16-18,20,27H2,(H,28,29). The van der Waals surface area contributed by atoms with Crippen molar-refractivity contribution in [3.05, 3.63) is 94.5 Å². The Bertz CT molecular complexity index is 974. The Morgan fingerprint density at radius 3 is 2.22 bits per heavy atom. The van der Waals surface area contributed by atoms with Gasteiger partial charge in [0.2, 0.25) is 0 Å². The Labute approximate surface area is 190 Å². The number of nitrogens with two attached hydrogens (primary N) is 1. The normalized spacial score (nSPS) is 15.2. The number of anilines is 1. The molecule has 0 aliphatic carbocycles. The lowest BCUT2D eigenvalue weighted by Crippen LogP contribution is -2.42. The average molecular weight is 432 g/mol. The van der Waals surface area contributed by atoms with Crippen LogP contribution in [0.5, 0.6) is 0 Å². The molecule has 32 heavy (non-hydrogen) atoms. The Morgan fingerprint density at radius 2 is 1.62 bits per heavy atom. The lowest BCUT2D eigenvalue weighted by atomic mass is 9.90. The monoisotopic (exact) mass is 431 g/mol. The molecule has 1 aromatic heterocycles. The van der Waals surface area contributed by atoms with E-state index < -0.39 is 0 Å². The molecule has 0 unspecified atom stereocenters. The van der Waals surface area contributed by atoms with Crippen LogP contribution in [0.2, 0.25) is 0 Å². The maximum Gasteiger partial charge on any atom is 0.293 e. The second kappa shape index (κ2) is 11.1. The molecular formula is C26H33N5O. The summed E-state index contributed by atoms with van der Waals surface area (Å²) in [6.07, 6.45) is 6.20. The van der Waals surface area contributed by atoms with Crippen LogP contribution < -0.4 is 16.6 Å². The molecular weight excluding hydrogens is 398 g/mol. The maximum absolute atomic E-state index is 12.7. The van der Waals surface area contributed by atoms with Crippen LogP contribution in [0, 0.1) is 0 Å². The molecule has 0 amide bonds. The van der Waals surface area contributed by atoms with Gasteiger partial charge in [0.25, 0.3) is 5.56 Å². The topological polar surface area (TPSA) is 76.2 Å². The number of hydrogen-bond donors (Lipinski definition) is 2. The Hall–Kier alpha value is -2.96. The van der Waals surface area contributed by atoms with Gasteiger partial charge in [0.15, 0.2) is 5.82 Å². The van der Waals surface area contributed by atoms with Crippen LogP contribution in [-0.4, -0.2) is 46.7 Å². The number of piperidine rings is 1. The Balaban J connectivity index is 1.38. The molecule has 3 aromatic rings. The fourth-order valence-corrected chi connectivity index (χ4v) is 4.47. The summed E-state index contributed by atoms with van der Waals surface area (Å²) in [5.41, 5.74) is 8.23. The summed E-state index contributed by atoms with van der Waals surface area (Å²) < 4.78 is 1.70. The van der Waals surface area contributed by atoms with E-state index in [1.807, 2.05) is 0 Å². The molecule has 1 saturated heterocycles. The summed E-state index contributed by atoms with van der Waals surface area (Å²) in [6.45, 7) is 4.20. The lowest BCUT2D eigenvalue weighted by molar-refractivity contribution is 0.213. The zero-order valence-corrected chi connectivity index (χ0v) is 18.6. The molecule has 168 valence electrons. The highest BCUT2D eigenvalue weighted by Gasteiger charge is 2.24. The third kappa shape index (κ3) is 5.64. The smallest absolute Gasteiger partial charge is 0.293 e. The first-order valence-electron chi connectivity index (χ1n) is 11.6. The van der Waals surface area contributed by atoms with Crippen molar-refractivity contribution in [2.75, 3.05) is 31.5 Å². The molecule has 6 heteroatoms. The number of aryl methyl sites for hydroxylation is 1. The van der Waals surface area contributed by atoms with Gasteiger partial charge in [0.1, 0.15) is 0 Å². The van der Waals surface area contributed by atoms with Gasteiger partial charge in [-0.25, -0.2) is 4.98 Å². The van der Waals surface area contributed by atoms with Gasteiger partial charge in [-0.05, 0) is 36.9 Å². The fourth-order valence-electron chi connectivity index (χ4n) is 4.47. The highest BCUT2D eigenvalue weighted by molar-refractivity contribution is 5.34. The van der Waals surface area contributed by atoms with Gasteiger partial charge in [-0.15, -0.1) is 0 Å². The quantitative estimate of drug-likeness (QED) is 0.544. The summed E-state index contributed by atoms with van der Waals surface area (Å²) in [7, 11) is 0. The third-order valence-electron chi connectivity index (χ3n) is 6.29. The van der Waals surface area contributed by atoms with Gasteiger partial charge in [-0.2, -0.15) is 0 Å². The molecule has 0 atom stereocenters. The molecule has 2 aromatic carbocycles. The molecule has 0 saturated carbocycles. The molecule has 4 rings (SSSR count). The zero-order chi connectivity index (χ0) is 22.2. The molecule has 6 nitrogen and oxygen atoms in total. The van der Waals surface area contributed by atoms with Crippen LogP contribution in [0.3, 0.4) is 0 Å². The van der Waals surface area contributed by atoms with Crippen molar-refractivity contribution in [1.82, 2.24) is 14.5 Å². The van der Waals surface area contributed by atoms with Gasteiger partial charge in [0.05, 0.1) is 0 Å². The molecule has 3 N–H and O–H groups in total. The van der Waals surface area contributed by atoms with Crippen molar-refractivity contribution in [1.29, 1.82) is 0 Å². The molecule has 0 bridgehead atoms. The first-order chi connectivity index (χ1) is 15.7. The highest BCUT2D eigenvalue weighted by atomic mass is 16.1. The van der Waals surface area contributed by atoms with Crippen LogP contribution in [0.25, 0.3) is 0 Å². The molecule has 0 radical (unpaired) electrons. The SMILES string of the molecule is NCCCn1ccnc(NC2CCN(CC(c3ccccc3)c3ccccc3)CC2)c1=O. The maximum atomic E-state index is 12.7. The van der Waals surface area contributed by atoms with Gasteiger partial charge in [0, 0.05) is 50.5 Å². The summed E-state index contributed by atoms with van der Waals surface area (Å²) >= 11 is 0. The largest absolute Gasteiger partial charge is 0.363 e. The first-order valence-corrected chi connectivity index (χ1v) is 11.6. The van der Waals surface area contributed by atoms with E-state index in [0.717, 1.165) is 38.9 Å². The fraction of sp³-hybridized carbons (Fsp3) is 0.385. The summed E-state index contributed by atoms with van der Waals surface area (Å²) in [6, 6.07) is 21.8.